The van der Waals surface area contributed by atoms with E-state index in [4.69, 9.17) is 4.74 Å². The highest BCUT2D eigenvalue weighted by atomic mass is 79.9. The van der Waals surface area contributed by atoms with E-state index in [2.05, 4.69) is 25.9 Å². The lowest BCUT2D eigenvalue weighted by molar-refractivity contribution is 0.340. The third-order valence-electron chi connectivity index (χ3n) is 3.04. The first-order valence-electron chi connectivity index (χ1n) is 6.97. The predicted molar refractivity (Wildman–Crippen MR) is 94.3 cm³/mol. The van der Waals surface area contributed by atoms with E-state index in [0.717, 1.165) is 15.8 Å². The van der Waals surface area contributed by atoms with Gasteiger partial charge in [0.1, 0.15) is 5.75 Å². The smallest absolute Gasteiger partial charge is 0.276 e. The van der Waals surface area contributed by atoms with Gasteiger partial charge in [-0.15, -0.1) is 0 Å². The molecule has 0 aliphatic heterocycles. The molecule has 0 radical (unpaired) electrons. The molecule has 7 heteroatoms. The Morgan fingerprint density at radius 3 is 2.30 bits per heavy atom. The summed E-state index contributed by atoms with van der Waals surface area (Å²) in [6.07, 6.45) is 0. The molecule has 0 aliphatic carbocycles. The third kappa shape index (κ3) is 4.80. The fourth-order valence-corrected chi connectivity index (χ4v) is 2.94. The van der Waals surface area contributed by atoms with Gasteiger partial charge in [0.2, 0.25) is 0 Å². The quantitative estimate of drug-likeness (QED) is 0.599. The Bertz CT molecular complexity index is 785. The van der Waals surface area contributed by atoms with E-state index < -0.39 is 10.0 Å². The van der Waals surface area contributed by atoms with Gasteiger partial charge in [0.25, 0.3) is 10.0 Å². The molecule has 0 saturated carbocycles. The van der Waals surface area contributed by atoms with Crippen LogP contribution in [-0.2, 0) is 10.0 Å². The molecule has 5 nitrogen and oxygen atoms in total. The second kappa shape index (κ2) is 7.61. The van der Waals surface area contributed by atoms with Crippen LogP contribution in [0.2, 0.25) is 0 Å². The van der Waals surface area contributed by atoms with Crippen molar-refractivity contribution < 1.29 is 13.2 Å². The molecule has 0 aromatic heterocycles. The summed E-state index contributed by atoms with van der Waals surface area (Å²) >= 11 is 3.27. The number of sulfonamides is 1. The SMILES string of the molecule is CCOc1ccc(C(C)=NNS(=O)(=O)c2ccc(Br)cc2)cc1. The van der Waals surface area contributed by atoms with E-state index in [-0.39, 0.29) is 4.90 Å². The molecule has 0 atom stereocenters. The third-order valence-corrected chi connectivity index (χ3v) is 4.79. The van der Waals surface area contributed by atoms with Crippen molar-refractivity contribution in [3.05, 3.63) is 58.6 Å². The van der Waals surface area contributed by atoms with Crippen LogP contribution in [0.5, 0.6) is 5.75 Å². The standard InChI is InChI=1S/C16H17BrN2O3S/c1-3-22-15-8-4-13(5-9-15)12(2)18-19-23(20,21)16-10-6-14(17)7-11-16/h4-11,19H,3H2,1-2H3. The largest absolute Gasteiger partial charge is 0.494 e. The molecule has 0 heterocycles. The van der Waals surface area contributed by atoms with E-state index in [1.165, 1.54) is 12.1 Å². The van der Waals surface area contributed by atoms with Crippen molar-refractivity contribution in [3.8, 4) is 5.75 Å². The van der Waals surface area contributed by atoms with Gasteiger partial charge in [-0.05, 0) is 67.9 Å². The molecule has 2 aromatic rings. The number of hydrogen-bond acceptors (Lipinski definition) is 4. The number of nitrogens with one attached hydrogen (secondary N) is 1. The van der Waals surface area contributed by atoms with Crippen molar-refractivity contribution in [2.75, 3.05) is 6.61 Å². The predicted octanol–water partition coefficient (Wildman–Crippen LogP) is 3.55. The normalized spacial score (nSPS) is 12.0. The molecule has 2 aromatic carbocycles. The first kappa shape index (κ1) is 17.5. The van der Waals surface area contributed by atoms with Gasteiger partial charge in [-0.2, -0.15) is 18.4 Å². The van der Waals surface area contributed by atoms with Crippen molar-refractivity contribution in [1.29, 1.82) is 0 Å². The molecule has 0 fully saturated rings. The van der Waals surface area contributed by atoms with E-state index in [0.29, 0.717) is 12.3 Å². The topological polar surface area (TPSA) is 67.8 Å². The number of benzene rings is 2. The van der Waals surface area contributed by atoms with Crippen molar-refractivity contribution >= 4 is 31.7 Å². The van der Waals surface area contributed by atoms with Crippen molar-refractivity contribution in [3.63, 3.8) is 0 Å². The van der Waals surface area contributed by atoms with Crippen LogP contribution in [-0.4, -0.2) is 20.7 Å². The van der Waals surface area contributed by atoms with Crippen LogP contribution in [0.1, 0.15) is 19.4 Å². The average molecular weight is 397 g/mol. The Kier molecular flexibility index (Phi) is 5.79. The molecule has 0 unspecified atom stereocenters. The van der Waals surface area contributed by atoms with Gasteiger partial charge in [-0.25, -0.2) is 0 Å². The summed E-state index contributed by atoms with van der Waals surface area (Å²) in [5.74, 6) is 0.763. The molecule has 23 heavy (non-hydrogen) atoms. The Balaban J connectivity index is 2.13. The molecule has 122 valence electrons. The maximum atomic E-state index is 12.2. The average Bonchev–Trinajstić information content (AvgIpc) is 2.54. The molecule has 0 spiro atoms. The number of ether oxygens (including phenoxy) is 1. The summed E-state index contributed by atoms with van der Waals surface area (Å²) in [5.41, 5.74) is 1.38. The van der Waals surface area contributed by atoms with E-state index in [1.54, 1.807) is 19.1 Å². The lowest BCUT2D eigenvalue weighted by Gasteiger charge is -2.07. The van der Waals surface area contributed by atoms with Gasteiger partial charge in [0, 0.05) is 4.47 Å². The van der Waals surface area contributed by atoms with Crippen molar-refractivity contribution in [2.45, 2.75) is 18.7 Å². The van der Waals surface area contributed by atoms with Gasteiger partial charge in [0.05, 0.1) is 17.2 Å². The Morgan fingerprint density at radius 1 is 1.13 bits per heavy atom. The molecular formula is C16H17BrN2O3S. The zero-order valence-corrected chi connectivity index (χ0v) is 15.2. The van der Waals surface area contributed by atoms with Crippen LogP contribution < -0.4 is 9.57 Å². The highest BCUT2D eigenvalue weighted by Crippen LogP contribution is 2.15. The maximum absolute atomic E-state index is 12.2. The first-order chi connectivity index (χ1) is 10.9. The number of halogens is 1. The number of nitrogens with zero attached hydrogens (tertiary/aromatic N) is 1. The lowest BCUT2D eigenvalue weighted by Crippen LogP contribution is -2.19. The van der Waals surface area contributed by atoms with Gasteiger partial charge in [-0.3, -0.25) is 0 Å². The van der Waals surface area contributed by atoms with Crippen LogP contribution in [0.15, 0.2) is 63.0 Å². The monoisotopic (exact) mass is 396 g/mol. The summed E-state index contributed by atoms with van der Waals surface area (Å²) in [7, 11) is -3.68. The Morgan fingerprint density at radius 2 is 1.74 bits per heavy atom. The summed E-state index contributed by atoms with van der Waals surface area (Å²) < 4.78 is 30.5. The molecule has 0 amide bonds. The summed E-state index contributed by atoms with van der Waals surface area (Å²) in [4.78, 5) is 2.40. The van der Waals surface area contributed by atoms with Gasteiger partial charge in [-0.1, -0.05) is 15.9 Å². The lowest BCUT2D eigenvalue weighted by atomic mass is 10.1. The second-order valence-electron chi connectivity index (χ2n) is 4.70. The number of hydrazone groups is 1. The summed E-state index contributed by atoms with van der Waals surface area (Å²) in [6, 6.07) is 13.6. The fraction of sp³-hybridized carbons (Fsp3) is 0.188. The van der Waals surface area contributed by atoms with Gasteiger partial charge < -0.3 is 4.74 Å². The molecule has 0 aliphatic rings. The zero-order valence-electron chi connectivity index (χ0n) is 12.8. The molecule has 0 saturated heterocycles. The highest BCUT2D eigenvalue weighted by molar-refractivity contribution is 9.10. The molecule has 2 rings (SSSR count). The van der Waals surface area contributed by atoms with E-state index in [9.17, 15) is 8.42 Å². The number of rotatable bonds is 6. The van der Waals surface area contributed by atoms with Crippen LogP contribution in [0.25, 0.3) is 0 Å². The van der Waals surface area contributed by atoms with Crippen LogP contribution >= 0.6 is 15.9 Å². The first-order valence-corrected chi connectivity index (χ1v) is 9.25. The molecular weight excluding hydrogens is 380 g/mol. The minimum Gasteiger partial charge on any atom is -0.494 e. The second-order valence-corrected chi connectivity index (χ2v) is 7.28. The number of hydrogen-bond donors (Lipinski definition) is 1. The molecule has 0 bridgehead atoms. The molecule has 1 N–H and O–H groups in total. The highest BCUT2D eigenvalue weighted by Gasteiger charge is 2.12. The van der Waals surface area contributed by atoms with Gasteiger partial charge >= 0.3 is 0 Å². The van der Waals surface area contributed by atoms with E-state index in [1.807, 2.05) is 31.2 Å². The van der Waals surface area contributed by atoms with Crippen molar-refractivity contribution in [2.24, 2.45) is 5.10 Å². The minimum atomic E-state index is -3.68. The van der Waals surface area contributed by atoms with Crippen LogP contribution in [0, 0.1) is 0 Å². The van der Waals surface area contributed by atoms with Crippen LogP contribution in [0.3, 0.4) is 0 Å². The Labute approximate surface area is 144 Å². The van der Waals surface area contributed by atoms with Crippen molar-refractivity contribution in [1.82, 2.24) is 4.83 Å². The van der Waals surface area contributed by atoms with Gasteiger partial charge in [0.15, 0.2) is 0 Å². The minimum absolute atomic E-state index is 0.156. The summed E-state index contributed by atoms with van der Waals surface area (Å²) in [5, 5.41) is 3.97. The van der Waals surface area contributed by atoms with Crippen LogP contribution in [0.4, 0.5) is 0 Å². The van der Waals surface area contributed by atoms with E-state index >= 15 is 0 Å². The summed E-state index contributed by atoms with van der Waals surface area (Å²) in [6.45, 7) is 4.25. The fourth-order valence-electron chi connectivity index (χ4n) is 1.82. The Hall–Kier alpha value is -1.86. The maximum Gasteiger partial charge on any atom is 0.276 e. The zero-order chi connectivity index (χ0) is 16.9.